The third-order valence-corrected chi connectivity index (χ3v) is 2.05. The fourth-order valence-electron chi connectivity index (χ4n) is 1.28. The van der Waals surface area contributed by atoms with Crippen molar-refractivity contribution in [3.63, 3.8) is 0 Å². The second-order valence-electron chi connectivity index (χ2n) is 3.28. The molecule has 0 aliphatic rings. The highest BCUT2D eigenvalue weighted by Crippen LogP contribution is 2.18. The van der Waals surface area contributed by atoms with Gasteiger partial charge in [0.1, 0.15) is 6.54 Å². The van der Waals surface area contributed by atoms with E-state index in [1.54, 1.807) is 6.92 Å². The van der Waals surface area contributed by atoms with Crippen LogP contribution in [0.2, 0.25) is 0 Å². The maximum Gasteiger partial charge on any atom is 0.322 e. The minimum atomic E-state index is -1.07. The number of pyridine rings is 1. The zero-order chi connectivity index (χ0) is 13.0. The number of carbonyl (C=O) groups excluding carboxylic acids is 1. The molecule has 1 rings (SSSR count). The second kappa shape index (κ2) is 5.06. The molecule has 7 nitrogen and oxygen atoms in total. The number of carboxylic acids is 1. The van der Waals surface area contributed by atoms with Gasteiger partial charge in [-0.3, -0.25) is 14.6 Å². The molecule has 1 aromatic heterocycles. The fourth-order valence-corrected chi connectivity index (χ4v) is 1.28. The molecule has 4 N–H and O–H groups in total. The highest BCUT2D eigenvalue weighted by atomic mass is 16.4. The first-order chi connectivity index (χ1) is 7.93. The normalized spacial score (nSPS) is 9.71. The number of carboxylic acid groups (broad SMARTS) is 1. The largest absolute Gasteiger partial charge is 0.799 e. The summed E-state index contributed by atoms with van der Waals surface area (Å²) in [5.74, 6) is -2.06. The van der Waals surface area contributed by atoms with Crippen LogP contribution in [0.1, 0.15) is 11.3 Å². The first-order valence-corrected chi connectivity index (χ1v) is 4.71. The maximum absolute atomic E-state index is 10.9. The minimum Gasteiger partial charge on any atom is -0.799 e. The molecule has 0 unspecified atom stereocenters. The monoisotopic (exact) mass is 235 g/mol. The average Bonchev–Trinajstić information content (AvgIpc) is 2.25. The molecule has 0 saturated heterocycles. The fraction of sp³-hybridized carbons (Fsp3) is 0.200. The van der Waals surface area contributed by atoms with Gasteiger partial charge < -0.3 is 21.6 Å². The van der Waals surface area contributed by atoms with Gasteiger partial charge in [0, 0.05) is 6.20 Å². The van der Waals surface area contributed by atoms with Crippen LogP contribution in [0, 0.1) is 6.92 Å². The van der Waals surface area contributed by atoms with Gasteiger partial charge in [-0.2, -0.15) is 0 Å². The molecule has 0 radical (unpaired) electrons. The van der Waals surface area contributed by atoms with E-state index in [2.05, 4.69) is 10.3 Å². The lowest BCUT2D eigenvalue weighted by atomic mass is 10.1. The molecule has 0 aliphatic carbocycles. The summed E-state index contributed by atoms with van der Waals surface area (Å²) in [5.41, 5.74) is 5.17. The van der Waals surface area contributed by atoms with Gasteiger partial charge in [0.15, 0.2) is 0 Å². The van der Waals surface area contributed by atoms with Crippen LogP contribution in [0.4, 0.5) is 5.69 Å². The summed E-state index contributed by atoms with van der Waals surface area (Å²) in [6.45, 7) is 1.26. The van der Waals surface area contributed by atoms with Crippen molar-refractivity contribution in [2.75, 3.05) is 11.9 Å². The number of hydrogen-bond donors (Lipinski definition) is 3. The van der Waals surface area contributed by atoms with Gasteiger partial charge in [-0.1, -0.05) is 5.71 Å². The van der Waals surface area contributed by atoms with Crippen molar-refractivity contribution in [2.45, 2.75) is 6.92 Å². The van der Waals surface area contributed by atoms with Crippen molar-refractivity contribution >= 4 is 23.3 Å². The van der Waals surface area contributed by atoms with E-state index in [0.29, 0.717) is 5.69 Å². The van der Waals surface area contributed by atoms with Crippen LogP contribution in [0.3, 0.4) is 0 Å². The van der Waals surface area contributed by atoms with Gasteiger partial charge in [0.25, 0.3) is 0 Å². The molecule has 17 heavy (non-hydrogen) atoms. The number of aryl methyl sites for hydroxylation is 1. The zero-order valence-electron chi connectivity index (χ0n) is 9.10. The lowest BCUT2D eigenvalue weighted by Gasteiger charge is -2.16. The standard InChI is InChI=1S/C10H11N4O3/c1-5-9(14-4-7(15)16)6(2-3-13-5)8(11)10(12)17/h2-3,14H,4H2,1H3,(H2,12,17)(H,15,16)/q-1. The molecule has 1 amide bonds. The van der Waals surface area contributed by atoms with Crippen molar-refractivity contribution in [3.8, 4) is 0 Å². The average molecular weight is 235 g/mol. The molecule has 0 saturated carbocycles. The Morgan fingerprint density at radius 1 is 1.59 bits per heavy atom. The van der Waals surface area contributed by atoms with Gasteiger partial charge >= 0.3 is 5.97 Å². The van der Waals surface area contributed by atoms with E-state index in [-0.39, 0.29) is 17.8 Å². The van der Waals surface area contributed by atoms with Crippen molar-refractivity contribution in [2.24, 2.45) is 5.73 Å². The molecule has 7 heteroatoms. The molecule has 0 spiro atoms. The quantitative estimate of drug-likeness (QED) is 0.605. The number of aromatic nitrogens is 1. The summed E-state index contributed by atoms with van der Waals surface area (Å²) in [5, 5.41) is 20.6. The lowest BCUT2D eigenvalue weighted by Crippen LogP contribution is -2.25. The summed E-state index contributed by atoms with van der Waals surface area (Å²) in [4.78, 5) is 25.3. The number of amides is 1. The van der Waals surface area contributed by atoms with Crippen LogP contribution in [0.15, 0.2) is 12.3 Å². The summed E-state index contributed by atoms with van der Waals surface area (Å²) < 4.78 is 0. The summed E-state index contributed by atoms with van der Waals surface area (Å²) in [6, 6.07) is 1.37. The Hall–Kier alpha value is -2.44. The zero-order valence-corrected chi connectivity index (χ0v) is 9.10. The van der Waals surface area contributed by atoms with Crippen LogP contribution in [-0.4, -0.2) is 34.2 Å². The van der Waals surface area contributed by atoms with Gasteiger partial charge in [0.2, 0.25) is 5.91 Å². The Kier molecular flexibility index (Phi) is 3.76. The number of aliphatic carboxylic acids is 1. The van der Waals surface area contributed by atoms with Gasteiger partial charge in [0.05, 0.1) is 11.4 Å². The van der Waals surface area contributed by atoms with Gasteiger partial charge in [-0.05, 0) is 18.6 Å². The Morgan fingerprint density at radius 2 is 2.24 bits per heavy atom. The molecule has 0 aromatic carbocycles. The van der Waals surface area contributed by atoms with E-state index >= 15 is 0 Å². The molecular formula is C10H11N4O3-. The van der Waals surface area contributed by atoms with Gasteiger partial charge in [-0.25, -0.2) is 0 Å². The number of nitrogens with one attached hydrogen (secondary N) is 1. The Labute approximate surface area is 97.2 Å². The first kappa shape index (κ1) is 12.6. The molecule has 1 aromatic rings. The number of nitrogens with two attached hydrogens (primary N) is 1. The minimum absolute atomic E-state index is 0.131. The summed E-state index contributed by atoms with van der Waals surface area (Å²) >= 11 is 0. The maximum atomic E-state index is 10.9. The molecular weight excluding hydrogens is 224 g/mol. The lowest BCUT2D eigenvalue weighted by molar-refractivity contribution is -0.134. The van der Waals surface area contributed by atoms with Crippen molar-refractivity contribution in [1.29, 1.82) is 0 Å². The van der Waals surface area contributed by atoms with E-state index in [9.17, 15) is 15.0 Å². The highest BCUT2D eigenvalue weighted by Gasteiger charge is 2.10. The predicted molar refractivity (Wildman–Crippen MR) is 61.8 cm³/mol. The van der Waals surface area contributed by atoms with Crippen LogP contribution in [0.5, 0.6) is 0 Å². The predicted octanol–water partition coefficient (Wildman–Crippen LogP) is -0.270. The van der Waals surface area contributed by atoms with Crippen LogP contribution < -0.4 is 11.1 Å². The molecule has 0 bridgehead atoms. The number of anilines is 1. The second-order valence-corrected chi connectivity index (χ2v) is 3.28. The van der Waals surface area contributed by atoms with Gasteiger partial charge in [-0.15, -0.1) is 0 Å². The SMILES string of the molecule is Cc1nccc(C(=[N-])C(N)=O)c1NCC(=O)O. The summed E-state index contributed by atoms with van der Waals surface area (Å²) in [7, 11) is 0. The van der Waals surface area contributed by atoms with E-state index in [1.165, 1.54) is 12.3 Å². The van der Waals surface area contributed by atoms with E-state index in [1.807, 2.05) is 0 Å². The Bertz CT molecular complexity index is 484. The third-order valence-electron chi connectivity index (χ3n) is 2.05. The molecule has 0 aliphatic heterocycles. The topological polar surface area (TPSA) is 128 Å². The van der Waals surface area contributed by atoms with E-state index < -0.39 is 17.6 Å². The smallest absolute Gasteiger partial charge is 0.322 e. The van der Waals surface area contributed by atoms with E-state index in [4.69, 9.17) is 10.8 Å². The third kappa shape index (κ3) is 3.00. The Morgan fingerprint density at radius 3 is 2.76 bits per heavy atom. The number of rotatable bonds is 5. The number of hydrogen-bond acceptors (Lipinski definition) is 4. The number of nitrogens with zero attached hydrogens (tertiary/aromatic N) is 2. The molecule has 0 fully saturated rings. The number of primary amides is 1. The number of carbonyl (C=O) groups is 2. The van der Waals surface area contributed by atoms with Crippen molar-refractivity contribution < 1.29 is 14.7 Å². The highest BCUT2D eigenvalue weighted by molar-refractivity contribution is 6.47. The van der Waals surface area contributed by atoms with Crippen molar-refractivity contribution in [1.82, 2.24) is 4.98 Å². The van der Waals surface area contributed by atoms with E-state index in [0.717, 1.165) is 0 Å². The van der Waals surface area contributed by atoms with Crippen LogP contribution in [-0.2, 0) is 9.59 Å². The van der Waals surface area contributed by atoms with Crippen molar-refractivity contribution in [3.05, 3.63) is 28.9 Å². The summed E-state index contributed by atoms with van der Waals surface area (Å²) in [6.07, 6.45) is 1.38. The molecule has 1 heterocycles. The van der Waals surface area contributed by atoms with Crippen LogP contribution in [0.25, 0.3) is 5.41 Å². The Balaban J connectivity index is 3.12. The van der Waals surface area contributed by atoms with Crippen LogP contribution >= 0.6 is 0 Å². The molecule has 90 valence electrons. The molecule has 0 atom stereocenters. The first-order valence-electron chi connectivity index (χ1n) is 4.71.